The van der Waals surface area contributed by atoms with E-state index >= 15 is 0 Å². The molecule has 0 bridgehead atoms. The molecule has 4 nitrogen and oxygen atoms in total. The van der Waals surface area contributed by atoms with Gasteiger partial charge in [0.05, 0.1) is 12.8 Å². The van der Waals surface area contributed by atoms with Crippen LogP contribution in [0.2, 0.25) is 0 Å². The van der Waals surface area contributed by atoms with Crippen molar-refractivity contribution in [3.05, 3.63) is 23.8 Å². The van der Waals surface area contributed by atoms with E-state index in [9.17, 15) is 4.79 Å². The van der Waals surface area contributed by atoms with Crippen molar-refractivity contribution in [3.8, 4) is 5.75 Å². The fraction of sp³-hybridized carbons (Fsp3) is 0.417. The molecule has 0 unspecified atom stereocenters. The number of nitrogen functional groups attached to an aromatic ring is 1. The third-order valence-corrected chi connectivity index (χ3v) is 1.86. The zero-order valence-corrected chi connectivity index (χ0v) is 10.0. The first-order chi connectivity index (χ1) is 7.35. The van der Waals surface area contributed by atoms with Gasteiger partial charge in [0.25, 0.3) is 0 Å². The van der Waals surface area contributed by atoms with E-state index < -0.39 is 11.6 Å². The summed E-state index contributed by atoms with van der Waals surface area (Å²) in [4.78, 5) is 11.5. The van der Waals surface area contributed by atoms with Gasteiger partial charge in [0.15, 0.2) is 5.75 Å². The van der Waals surface area contributed by atoms with Gasteiger partial charge in [-0.25, -0.2) is 4.79 Å². The number of benzene rings is 1. The molecule has 16 heavy (non-hydrogen) atoms. The molecule has 88 valence electrons. The number of esters is 1. The second-order valence-corrected chi connectivity index (χ2v) is 4.43. The summed E-state index contributed by atoms with van der Waals surface area (Å²) < 4.78 is 10.3. The van der Waals surface area contributed by atoms with Crippen molar-refractivity contribution in [2.45, 2.75) is 26.4 Å². The first-order valence-corrected chi connectivity index (χ1v) is 5.01. The van der Waals surface area contributed by atoms with E-state index in [1.54, 1.807) is 18.2 Å². The normalized spacial score (nSPS) is 11.0. The summed E-state index contributed by atoms with van der Waals surface area (Å²) in [6.07, 6.45) is 0. The first kappa shape index (κ1) is 12.4. The largest absolute Gasteiger partial charge is 0.485 e. The Morgan fingerprint density at radius 1 is 1.31 bits per heavy atom. The number of anilines is 1. The molecule has 0 aliphatic carbocycles. The van der Waals surface area contributed by atoms with Crippen molar-refractivity contribution in [3.63, 3.8) is 0 Å². The third-order valence-electron chi connectivity index (χ3n) is 1.86. The quantitative estimate of drug-likeness (QED) is 0.617. The number of hydrogen-bond donors (Lipinski definition) is 1. The van der Waals surface area contributed by atoms with Gasteiger partial charge in [-0.3, -0.25) is 0 Å². The molecule has 0 aromatic heterocycles. The maximum Gasteiger partial charge on any atom is 0.341 e. The van der Waals surface area contributed by atoms with E-state index in [0.717, 1.165) is 0 Å². The highest BCUT2D eigenvalue weighted by molar-refractivity contribution is 5.94. The lowest BCUT2D eigenvalue weighted by molar-refractivity contribution is 0.0586. The number of ether oxygens (including phenoxy) is 2. The maximum atomic E-state index is 11.5. The molecule has 0 fully saturated rings. The van der Waals surface area contributed by atoms with Crippen LogP contribution in [0.1, 0.15) is 31.1 Å². The Morgan fingerprint density at radius 3 is 2.44 bits per heavy atom. The average Bonchev–Trinajstić information content (AvgIpc) is 2.18. The summed E-state index contributed by atoms with van der Waals surface area (Å²) in [5.74, 6) is -0.0756. The third kappa shape index (κ3) is 2.89. The number of carbonyl (C=O) groups is 1. The summed E-state index contributed by atoms with van der Waals surface area (Å²) >= 11 is 0. The molecular weight excluding hydrogens is 206 g/mol. The number of para-hydroxylation sites is 1. The van der Waals surface area contributed by atoms with Gasteiger partial charge in [-0.05, 0) is 32.9 Å². The summed E-state index contributed by atoms with van der Waals surface area (Å²) in [5, 5.41) is 0. The van der Waals surface area contributed by atoms with Crippen LogP contribution in [0, 0.1) is 0 Å². The molecule has 0 saturated heterocycles. The molecule has 0 radical (unpaired) electrons. The van der Waals surface area contributed by atoms with Gasteiger partial charge in [-0.15, -0.1) is 0 Å². The van der Waals surface area contributed by atoms with Gasteiger partial charge in [-0.2, -0.15) is 0 Å². The van der Waals surface area contributed by atoms with Gasteiger partial charge < -0.3 is 15.2 Å². The molecule has 0 saturated carbocycles. The lowest BCUT2D eigenvalue weighted by Crippen LogP contribution is -2.25. The van der Waals surface area contributed by atoms with Gasteiger partial charge >= 0.3 is 5.97 Å². The molecule has 2 N–H and O–H groups in total. The smallest absolute Gasteiger partial charge is 0.341 e. The zero-order valence-electron chi connectivity index (χ0n) is 10.0. The molecule has 0 amide bonds. The predicted molar refractivity (Wildman–Crippen MR) is 62.6 cm³/mol. The van der Waals surface area contributed by atoms with Crippen LogP contribution < -0.4 is 10.5 Å². The number of hydrogen-bond acceptors (Lipinski definition) is 4. The minimum Gasteiger partial charge on any atom is -0.485 e. The monoisotopic (exact) mass is 223 g/mol. The topological polar surface area (TPSA) is 61.5 Å². The fourth-order valence-electron chi connectivity index (χ4n) is 1.25. The van der Waals surface area contributed by atoms with Crippen LogP contribution in [-0.2, 0) is 4.74 Å². The van der Waals surface area contributed by atoms with Crippen molar-refractivity contribution < 1.29 is 14.3 Å². The van der Waals surface area contributed by atoms with E-state index in [2.05, 4.69) is 4.74 Å². The fourth-order valence-corrected chi connectivity index (χ4v) is 1.25. The lowest BCUT2D eigenvalue weighted by atomic mass is 10.1. The summed E-state index contributed by atoms with van der Waals surface area (Å²) in [5.41, 5.74) is 6.14. The minimum absolute atomic E-state index is 0.345. The predicted octanol–water partition coefficient (Wildman–Crippen LogP) is 2.23. The Kier molecular flexibility index (Phi) is 3.42. The SMILES string of the molecule is COC(=O)c1cccc(N)c1OC(C)(C)C. The Hall–Kier alpha value is -1.71. The summed E-state index contributed by atoms with van der Waals surface area (Å²) in [7, 11) is 1.33. The highest BCUT2D eigenvalue weighted by Crippen LogP contribution is 2.30. The first-order valence-electron chi connectivity index (χ1n) is 5.01. The molecule has 1 aromatic carbocycles. The number of methoxy groups -OCH3 is 1. The summed E-state index contributed by atoms with van der Waals surface area (Å²) in [6, 6.07) is 5.01. The van der Waals surface area contributed by atoms with Crippen LogP contribution in [-0.4, -0.2) is 18.7 Å². The summed E-state index contributed by atoms with van der Waals surface area (Å²) in [6.45, 7) is 5.67. The van der Waals surface area contributed by atoms with Crippen LogP contribution >= 0.6 is 0 Å². The second-order valence-electron chi connectivity index (χ2n) is 4.43. The van der Waals surface area contributed by atoms with Crippen LogP contribution in [0.5, 0.6) is 5.75 Å². The van der Waals surface area contributed by atoms with Crippen molar-refractivity contribution in [1.82, 2.24) is 0 Å². The molecular formula is C12H17NO3. The minimum atomic E-state index is -0.452. The maximum absolute atomic E-state index is 11.5. The number of carbonyl (C=O) groups excluding carboxylic acids is 1. The molecule has 0 heterocycles. The van der Waals surface area contributed by atoms with E-state index in [1.807, 2.05) is 20.8 Å². The standard InChI is InChI=1S/C12H17NO3/c1-12(2,3)16-10-8(11(14)15-4)6-5-7-9(10)13/h5-7H,13H2,1-4H3. The van der Waals surface area contributed by atoms with Gasteiger partial charge in [0, 0.05) is 0 Å². The Bertz CT molecular complexity index is 394. The zero-order chi connectivity index (χ0) is 12.3. The van der Waals surface area contributed by atoms with Gasteiger partial charge in [0.2, 0.25) is 0 Å². The molecule has 4 heteroatoms. The Morgan fingerprint density at radius 2 is 1.94 bits per heavy atom. The van der Waals surface area contributed by atoms with E-state index in [0.29, 0.717) is 17.0 Å². The molecule has 0 spiro atoms. The Balaban J connectivity index is 3.19. The van der Waals surface area contributed by atoms with Crippen molar-refractivity contribution >= 4 is 11.7 Å². The van der Waals surface area contributed by atoms with Crippen LogP contribution in [0.15, 0.2) is 18.2 Å². The van der Waals surface area contributed by atoms with Crippen molar-refractivity contribution in [2.24, 2.45) is 0 Å². The average molecular weight is 223 g/mol. The molecule has 0 atom stereocenters. The van der Waals surface area contributed by atoms with E-state index in [-0.39, 0.29) is 0 Å². The highest BCUT2D eigenvalue weighted by atomic mass is 16.5. The molecule has 1 aromatic rings. The lowest BCUT2D eigenvalue weighted by Gasteiger charge is -2.23. The van der Waals surface area contributed by atoms with Crippen LogP contribution in [0.3, 0.4) is 0 Å². The number of nitrogens with two attached hydrogens (primary N) is 1. The van der Waals surface area contributed by atoms with Gasteiger partial charge in [-0.1, -0.05) is 6.07 Å². The van der Waals surface area contributed by atoms with E-state index in [4.69, 9.17) is 10.5 Å². The molecule has 0 aliphatic rings. The highest BCUT2D eigenvalue weighted by Gasteiger charge is 2.20. The van der Waals surface area contributed by atoms with Crippen LogP contribution in [0.25, 0.3) is 0 Å². The van der Waals surface area contributed by atoms with Gasteiger partial charge in [0.1, 0.15) is 11.2 Å². The van der Waals surface area contributed by atoms with Crippen molar-refractivity contribution in [2.75, 3.05) is 12.8 Å². The Labute approximate surface area is 95.3 Å². The molecule has 0 aliphatic heterocycles. The second kappa shape index (κ2) is 4.43. The van der Waals surface area contributed by atoms with Crippen molar-refractivity contribution in [1.29, 1.82) is 0 Å². The number of rotatable bonds is 2. The molecule has 1 rings (SSSR count). The van der Waals surface area contributed by atoms with Crippen LogP contribution in [0.4, 0.5) is 5.69 Å². The van der Waals surface area contributed by atoms with E-state index in [1.165, 1.54) is 7.11 Å².